The fourth-order valence-electron chi connectivity index (χ4n) is 3.81. The first kappa shape index (κ1) is 17.4. The van der Waals surface area contributed by atoms with Gasteiger partial charge in [0.25, 0.3) is 0 Å². The Labute approximate surface area is 150 Å². The van der Waals surface area contributed by atoms with Gasteiger partial charge >= 0.3 is 6.09 Å². The molecule has 0 radical (unpaired) electrons. The van der Waals surface area contributed by atoms with Crippen LogP contribution in [0.15, 0.2) is 22.8 Å². The van der Waals surface area contributed by atoms with Gasteiger partial charge in [-0.25, -0.2) is 9.78 Å². The van der Waals surface area contributed by atoms with E-state index in [4.69, 9.17) is 4.74 Å². The Morgan fingerprint density at radius 3 is 2.75 bits per heavy atom. The summed E-state index contributed by atoms with van der Waals surface area (Å²) in [4.78, 5) is 31.5. The van der Waals surface area contributed by atoms with Gasteiger partial charge < -0.3 is 4.74 Å². The number of likely N-dealkylation sites (tertiary alicyclic amines) is 1. The number of ether oxygens (including phenoxy) is 1. The highest BCUT2D eigenvalue weighted by atomic mass is 79.9. The van der Waals surface area contributed by atoms with Crippen molar-refractivity contribution in [1.82, 2.24) is 9.88 Å². The number of amides is 1. The number of halogens is 1. The number of rotatable bonds is 3. The maximum absolute atomic E-state index is 12.9. The smallest absolute Gasteiger partial charge is 0.411 e. The molecule has 2 bridgehead atoms. The molecule has 0 aromatic carbocycles. The number of carbonyl (C=O) groups excluding carboxylic acids is 2. The van der Waals surface area contributed by atoms with Crippen molar-refractivity contribution in [3.8, 4) is 0 Å². The molecule has 1 aliphatic heterocycles. The van der Waals surface area contributed by atoms with E-state index >= 15 is 0 Å². The summed E-state index contributed by atoms with van der Waals surface area (Å²) >= 11 is 3.33. The summed E-state index contributed by atoms with van der Waals surface area (Å²) < 4.78 is 6.25. The molecule has 130 valence electrons. The maximum atomic E-state index is 12.9. The quantitative estimate of drug-likeness (QED) is 0.732. The summed E-state index contributed by atoms with van der Waals surface area (Å²) in [5.41, 5.74) is 0.166. The van der Waals surface area contributed by atoms with E-state index in [9.17, 15) is 9.59 Å². The van der Waals surface area contributed by atoms with E-state index in [1.165, 1.54) is 0 Å². The summed E-state index contributed by atoms with van der Waals surface area (Å²) in [5, 5.41) is 0. The van der Waals surface area contributed by atoms with Gasteiger partial charge in [0.15, 0.2) is 5.78 Å². The second-order valence-corrected chi connectivity index (χ2v) is 8.47. The average Bonchev–Trinajstić information content (AvgIpc) is 3.05. The van der Waals surface area contributed by atoms with Crippen molar-refractivity contribution in [1.29, 1.82) is 0 Å². The Morgan fingerprint density at radius 2 is 2.08 bits per heavy atom. The minimum absolute atomic E-state index is 0.0543. The minimum Gasteiger partial charge on any atom is -0.444 e. The topological polar surface area (TPSA) is 59.5 Å². The minimum atomic E-state index is -0.557. The molecule has 0 spiro atoms. The summed E-state index contributed by atoms with van der Waals surface area (Å²) in [6.07, 6.45) is 2.75. The number of pyridine rings is 1. The molecule has 2 heterocycles. The molecule has 2 aliphatic rings. The Hall–Kier alpha value is -1.43. The van der Waals surface area contributed by atoms with Crippen LogP contribution in [0, 0.1) is 5.92 Å². The molecule has 1 aliphatic carbocycles. The van der Waals surface area contributed by atoms with Crippen LogP contribution in [0.3, 0.4) is 0 Å². The van der Waals surface area contributed by atoms with Gasteiger partial charge in [-0.2, -0.15) is 0 Å². The van der Waals surface area contributed by atoms with Crippen LogP contribution >= 0.6 is 15.9 Å². The van der Waals surface area contributed by atoms with Crippen molar-refractivity contribution in [2.75, 3.05) is 0 Å². The molecular formula is C18H23BrN2O3. The van der Waals surface area contributed by atoms with Crippen molar-refractivity contribution in [3.05, 3.63) is 28.5 Å². The monoisotopic (exact) mass is 394 g/mol. The maximum Gasteiger partial charge on any atom is 0.411 e. The fourth-order valence-corrected chi connectivity index (χ4v) is 4.19. The number of hydrogen-bond donors (Lipinski definition) is 0. The first-order valence-electron chi connectivity index (χ1n) is 8.40. The lowest BCUT2D eigenvalue weighted by atomic mass is 9.93. The standard InChI is InChI=1S/C18H23BrN2O3/c1-18(2,3)24-17(23)21-13-8-7-11(9-13)16(21)14(22)10-12-5-4-6-15(19)20-12/h4-6,11,13,16H,7-10H2,1-3H3/t11-,13+,16+/m1/s1. The number of carbonyl (C=O) groups is 2. The number of piperidine rings is 1. The summed E-state index contributed by atoms with van der Waals surface area (Å²) in [6, 6.07) is 5.30. The Kier molecular flexibility index (Phi) is 4.69. The molecule has 1 amide bonds. The van der Waals surface area contributed by atoms with Crippen molar-refractivity contribution in [2.24, 2.45) is 5.92 Å². The van der Waals surface area contributed by atoms with Gasteiger partial charge in [0, 0.05) is 11.7 Å². The molecule has 3 atom stereocenters. The van der Waals surface area contributed by atoms with E-state index in [-0.39, 0.29) is 36.3 Å². The average molecular weight is 395 g/mol. The molecule has 2 fully saturated rings. The molecule has 1 aromatic heterocycles. The van der Waals surface area contributed by atoms with Gasteiger partial charge in [-0.05, 0) is 74.0 Å². The molecule has 0 unspecified atom stereocenters. The van der Waals surface area contributed by atoms with Crippen LogP contribution in [-0.4, -0.2) is 39.4 Å². The van der Waals surface area contributed by atoms with Gasteiger partial charge in [0.2, 0.25) is 0 Å². The predicted octanol–water partition coefficient (Wildman–Crippen LogP) is 3.74. The number of fused-ring (bicyclic) bond motifs is 2. The van der Waals surface area contributed by atoms with Gasteiger partial charge in [-0.3, -0.25) is 9.69 Å². The highest BCUT2D eigenvalue weighted by Gasteiger charge is 2.52. The number of Topliss-reactive ketones (excluding diaryl/α,β-unsaturated/α-hetero) is 1. The van der Waals surface area contributed by atoms with Gasteiger partial charge in [0.1, 0.15) is 10.2 Å². The van der Waals surface area contributed by atoms with Crippen molar-refractivity contribution in [3.63, 3.8) is 0 Å². The van der Waals surface area contributed by atoms with Crippen LogP contribution in [-0.2, 0) is 16.0 Å². The molecule has 1 saturated carbocycles. The largest absolute Gasteiger partial charge is 0.444 e. The van der Waals surface area contributed by atoms with Crippen LogP contribution in [0.25, 0.3) is 0 Å². The number of aromatic nitrogens is 1. The predicted molar refractivity (Wildman–Crippen MR) is 93.6 cm³/mol. The summed E-state index contributed by atoms with van der Waals surface area (Å²) in [6.45, 7) is 5.55. The molecule has 3 rings (SSSR count). The summed E-state index contributed by atoms with van der Waals surface area (Å²) in [5.74, 6) is 0.306. The zero-order chi connectivity index (χ0) is 17.5. The molecule has 6 heteroatoms. The van der Waals surface area contributed by atoms with Crippen molar-refractivity contribution < 1.29 is 14.3 Å². The van der Waals surface area contributed by atoms with E-state index < -0.39 is 5.60 Å². The Balaban J connectivity index is 1.77. The molecule has 24 heavy (non-hydrogen) atoms. The lowest BCUT2D eigenvalue weighted by molar-refractivity contribution is -0.125. The van der Waals surface area contributed by atoms with Crippen LogP contribution in [0.2, 0.25) is 0 Å². The molecular weight excluding hydrogens is 372 g/mol. The fraction of sp³-hybridized carbons (Fsp3) is 0.611. The van der Waals surface area contributed by atoms with Crippen LogP contribution in [0.4, 0.5) is 4.79 Å². The SMILES string of the molecule is CC(C)(C)OC(=O)N1[C@H]2CC[C@H](C2)[C@H]1C(=O)Cc1cccc(Br)n1. The highest BCUT2D eigenvalue weighted by molar-refractivity contribution is 9.10. The Morgan fingerprint density at radius 1 is 1.33 bits per heavy atom. The Bertz CT molecular complexity index is 656. The lowest BCUT2D eigenvalue weighted by Gasteiger charge is -2.35. The molecule has 0 N–H and O–H groups in total. The van der Waals surface area contributed by atoms with E-state index in [1.807, 2.05) is 39.0 Å². The molecule has 1 saturated heterocycles. The second kappa shape index (κ2) is 6.47. The third-order valence-corrected chi connectivity index (χ3v) is 5.09. The van der Waals surface area contributed by atoms with E-state index in [2.05, 4.69) is 20.9 Å². The van der Waals surface area contributed by atoms with E-state index in [0.29, 0.717) is 4.60 Å². The van der Waals surface area contributed by atoms with Crippen LogP contribution < -0.4 is 0 Å². The molecule has 1 aromatic rings. The second-order valence-electron chi connectivity index (χ2n) is 7.65. The first-order chi connectivity index (χ1) is 11.2. The van der Waals surface area contributed by atoms with Crippen molar-refractivity contribution in [2.45, 2.75) is 64.1 Å². The van der Waals surface area contributed by atoms with Crippen LogP contribution in [0.5, 0.6) is 0 Å². The van der Waals surface area contributed by atoms with E-state index in [1.54, 1.807) is 4.90 Å². The third kappa shape index (κ3) is 3.63. The highest BCUT2D eigenvalue weighted by Crippen LogP contribution is 2.43. The summed E-state index contributed by atoms with van der Waals surface area (Å²) in [7, 11) is 0. The zero-order valence-corrected chi connectivity index (χ0v) is 15.9. The zero-order valence-electron chi connectivity index (χ0n) is 14.3. The third-order valence-electron chi connectivity index (χ3n) is 4.65. The first-order valence-corrected chi connectivity index (χ1v) is 9.19. The van der Waals surface area contributed by atoms with Crippen molar-refractivity contribution >= 4 is 27.8 Å². The van der Waals surface area contributed by atoms with Gasteiger partial charge in [0.05, 0.1) is 12.5 Å². The van der Waals surface area contributed by atoms with E-state index in [0.717, 1.165) is 25.0 Å². The van der Waals surface area contributed by atoms with Gasteiger partial charge in [-0.15, -0.1) is 0 Å². The van der Waals surface area contributed by atoms with Crippen LogP contribution in [0.1, 0.15) is 45.7 Å². The molecule has 5 nitrogen and oxygen atoms in total. The lowest BCUT2D eigenvalue weighted by Crippen LogP contribution is -2.51. The van der Waals surface area contributed by atoms with Gasteiger partial charge in [-0.1, -0.05) is 6.07 Å². The number of ketones is 1. The number of nitrogens with zero attached hydrogens (tertiary/aromatic N) is 2. The normalized spacial score (nSPS) is 25.8. The number of hydrogen-bond acceptors (Lipinski definition) is 4.